The predicted molar refractivity (Wildman–Crippen MR) is 178 cm³/mol. The van der Waals surface area contributed by atoms with Gasteiger partial charge in [0.2, 0.25) is 31.9 Å². The highest BCUT2D eigenvalue weighted by Gasteiger charge is 2.62. The number of nitrogens with zero attached hydrogens (tertiary/aromatic N) is 2. The monoisotopic (exact) mass is 771 g/mol. The van der Waals surface area contributed by atoms with Gasteiger partial charge in [0.15, 0.2) is 0 Å². The van der Waals surface area contributed by atoms with Crippen molar-refractivity contribution in [1.29, 1.82) is 0 Å². The van der Waals surface area contributed by atoms with E-state index in [0.29, 0.717) is 25.7 Å². The highest BCUT2D eigenvalue weighted by atomic mass is 79.9. The van der Waals surface area contributed by atoms with Crippen molar-refractivity contribution >= 4 is 59.8 Å². The average Bonchev–Trinajstić information content (AvgIpc) is 3.88. The predicted octanol–water partition coefficient (Wildman–Crippen LogP) is 2.36. The summed E-state index contributed by atoms with van der Waals surface area (Å²) in [6.45, 7) is 7.84. The SMILES string of the molecule is C=C[C@@H]1C[C@]1(NC(=O)[C@@H]1CN(S(=O)(=O)c2ccccc2Br)CN1C(=O)[C@@H](NC(=O)OC1CCCC1)C(C)(C)C)C(=O)NS(=O)(=O)C1CC1. The third-order valence-electron chi connectivity index (χ3n) is 9.30. The summed E-state index contributed by atoms with van der Waals surface area (Å²) in [5.41, 5.74) is -2.55. The van der Waals surface area contributed by atoms with Gasteiger partial charge in [-0.25, -0.2) is 21.6 Å². The number of halogens is 1. The summed E-state index contributed by atoms with van der Waals surface area (Å²) in [6, 6.07) is 3.45. The van der Waals surface area contributed by atoms with Gasteiger partial charge in [0.05, 0.1) is 16.8 Å². The Kier molecular flexibility index (Phi) is 10.1. The summed E-state index contributed by atoms with van der Waals surface area (Å²) < 4.78 is 61.8. The first-order valence-electron chi connectivity index (χ1n) is 15.9. The molecule has 3 N–H and O–H groups in total. The Morgan fingerprint density at radius 1 is 1.06 bits per heavy atom. The Labute approximate surface area is 289 Å². The lowest BCUT2D eigenvalue weighted by Gasteiger charge is -2.35. The number of hydrogen-bond donors (Lipinski definition) is 3. The van der Waals surface area contributed by atoms with E-state index in [2.05, 4.69) is 37.9 Å². The van der Waals surface area contributed by atoms with E-state index in [4.69, 9.17) is 4.74 Å². The van der Waals surface area contributed by atoms with E-state index in [1.165, 1.54) is 18.2 Å². The molecule has 1 aromatic carbocycles. The Bertz CT molecular complexity index is 1700. The maximum absolute atomic E-state index is 14.3. The van der Waals surface area contributed by atoms with E-state index in [1.54, 1.807) is 32.9 Å². The zero-order chi connectivity index (χ0) is 35.2. The van der Waals surface area contributed by atoms with Crippen LogP contribution in [-0.2, 0) is 39.2 Å². The van der Waals surface area contributed by atoms with Crippen LogP contribution in [0, 0.1) is 11.3 Å². The van der Waals surface area contributed by atoms with E-state index in [0.717, 1.165) is 22.0 Å². The van der Waals surface area contributed by atoms with Gasteiger partial charge in [0.25, 0.3) is 5.91 Å². The van der Waals surface area contributed by atoms with Crippen LogP contribution >= 0.6 is 15.9 Å². The van der Waals surface area contributed by atoms with Crippen molar-refractivity contribution < 1.29 is 40.8 Å². The minimum absolute atomic E-state index is 0.0626. The third kappa shape index (κ3) is 7.43. The molecule has 3 aliphatic carbocycles. The van der Waals surface area contributed by atoms with Crippen LogP contribution in [0.4, 0.5) is 4.79 Å². The van der Waals surface area contributed by atoms with E-state index < -0.39 is 91.3 Å². The molecule has 4 aliphatic rings. The maximum Gasteiger partial charge on any atom is 0.408 e. The van der Waals surface area contributed by atoms with Crippen LogP contribution in [0.2, 0.25) is 0 Å². The first kappa shape index (κ1) is 36.3. The second-order valence-electron chi connectivity index (χ2n) is 14.0. The molecule has 0 radical (unpaired) electrons. The summed E-state index contributed by atoms with van der Waals surface area (Å²) >= 11 is 3.27. The lowest BCUT2D eigenvalue weighted by Crippen LogP contribution is -2.60. The van der Waals surface area contributed by atoms with Crippen LogP contribution in [0.1, 0.15) is 65.7 Å². The van der Waals surface area contributed by atoms with E-state index in [-0.39, 0.29) is 21.9 Å². The number of benzene rings is 1. The van der Waals surface area contributed by atoms with Crippen molar-refractivity contribution in [3.63, 3.8) is 0 Å². The molecular formula is C31H42BrN5O9S2. The number of sulfonamides is 2. The molecule has 0 spiro atoms. The second-order valence-corrected chi connectivity index (χ2v) is 18.7. The van der Waals surface area contributed by atoms with Gasteiger partial charge in [-0.3, -0.25) is 19.1 Å². The molecule has 14 nitrogen and oxygen atoms in total. The standard InChI is InChI=1S/C31H42BrN5O9S2/c1-5-19-16-31(19,28(40)35-47(42,43)21-14-15-21)34-26(38)23-17-36(48(44,45)24-13-9-8-12-22(24)32)18-37(23)27(39)25(30(2,3)4)33-29(41)46-20-10-6-7-11-20/h5,8-9,12-13,19-21,23,25H,1,6-7,10-11,14-18H2,2-4H3,(H,33,41)(H,34,38)(H,35,40)/t19-,23+,25-,31-/m1/s1. The molecule has 264 valence electrons. The minimum Gasteiger partial charge on any atom is -0.446 e. The highest BCUT2D eigenvalue weighted by molar-refractivity contribution is 9.10. The first-order valence-corrected chi connectivity index (χ1v) is 19.7. The third-order valence-corrected chi connectivity index (χ3v) is 13.9. The van der Waals surface area contributed by atoms with Crippen LogP contribution in [0.3, 0.4) is 0 Å². The highest BCUT2D eigenvalue weighted by Crippen LogP contribution is 2.45. The number of hydrogen-bond acceptors (Lipinski definition) is 9. The van der Waals surface area contributed by atoms with Gasteiger partial charge < -0.3 is 20.3 Å². The summed E-state index contributed by atoms with van der Waals surface area (Å²) in [7, 11) is -8.21. The Balaban J connectivity index is 1.44. The van der Waals surface area contributed by atoms with Crippen molar-refractivity contribution in [3.05, 3.63) is 41.4 Å². The molecular weight excluding hydrogens is 730 g/mol. The average molecular weight is 773 g/mol. The fourth-order valence-electron chi connectivity index (χ4n) is 6.18. The van der Waals surface area contributed by atoms with E-state index in [9.17, 15) is 36.0 Å². The lowest BCUT2D eigenvalue weighted by atomic mass is 9.85. The van der Waals surface area contributed by atoms with E-state index in [1.807, 2.05) is 0 Å². The quantitative estimate of drug-likeness (QED) is 0.284. The molecule has 1 heterocycles. The Morgan fingerprint density at radius 2 is 1.71 bits per heavy atom. The van der Waals surface area contributed by atoms with Crippen molar-refractivity contribution in [1.82, 2.24) is 24.6 Å². The summed E-state index contributed by atoms with van der Waals surface area (Å²) in [5.74, 6) is -3.12. The van der Waals surface area contributed by atoms with Crippen molar-refractivity contribution in [2.45, 2.75) is 99.6 Å². The number of alkyl carbamates (subject to hydrolysis) is 1. The van der Waals surface area contributed by atoms with Crippen LogP contribution in [0.5, 0.6) is 0 Å². The lowest BCUT2D eigenvalue weighted by molar-refractivity contribution is -0.142. The van der Waals surface area contributed by atoms with Gasteiger partial charge in [0, 0.05) is 16.9 Å². The molecule has 5 rings (SSSR count). The fraction of sp³-hybridized carbons (Fsp3) is 0.613. The van der Waals surface area contributed by atoms with Crippen LogP contribution in [-0.4, -0.2) is 92.0 Å². The van der Waals surface area contributed by atoms with Crippen LogP contribution in [0.15, 0.2) is 46.3 Å². The van der Waals surface area contributed by atoms with Gasteiger partial charge in [-0.2, -0.15) is 4.31 Å². The van der Waals surface area contributed by atoms with Crippen molar-refractivity contribution in [2.75, 3.05) is 13.2 Å². The minimum atomic E-state index is -4.26. The number of nitrogens with one attached hydrogen (secondary N) is 3. The molecule has 0 aromatic heterocycles. The van der Waals surface area contributed by atoms with Gasteiger partial charge >= 0.3 is 6.09 Å². The number of amides is 4. The number of ether oxygens (including phenoxy) is 1. The van der Waals surface area contributed by atoms with Gasteiger partial charge in [-0.15, -0.1) is 6.58 Å². The zero-order valence-electron chi connectivity index (χ0n) is 27.1. The Hall–Kier alpha value is -3.02. The molecule has 0 unspecified atom stereocenters. The largest absolute Gasteiger partial charge is 0.446 e. The molecule has 4 amide bonds. The van der Waals surface area contributed by atoms with E-state index >= 15 is 0 Å². The first-order chi connectivity index (χ1) is 22.4. The summed E-state index contributed by atoms with van der Waals surface area (Å²) in [4.78, 5) is 55.7. The maximum atomic E-state index is 14.3. The molecule has 48 heavy (non-hydrogen) atoms. The molecule has 3 saturated carbocycles. The normalized spacial score (nSPS) is 25.6. The number of rotatable bonds is 11. The van der Waals surface area contributed by atoms with Crippen LogP contribution in [0.25, 0.3) is 0 Å². The Morgan fingerprint density at radius 3 is 2.27 bits per heavy atom. The molecule has 17 heteroatoms. The molecule has 1 saturated heterocycles. The van der Waals surface area contributed by atoms with Crippen LogP contribution < -0.4 is 15.4 Å². The summed E-state index contributed by atoms with van der Waals surface area (Å²) in [5, 5.41) is 4.61. The van der Waals surface area contributed by atoms with Gasteiger partial charge in [-0.1, -0.05) is 39.0 Å². The fourth-order valence-corrected chi connectivity index (χ4v) is 9.90. The zero-order valence-corrected chi connectivity index (χ0v) is 30.3. The topological polar surface area (TPSA) is 188 Å². The molecule has 1 aromatic rings. The van der Waals surface area contributed by atoms with Gasteiger partial charge in [0.1, 0.15) is 23.7 Å². The number of carbonyl (C=O) groups excluding carboxylic acids is 4. The van der Waals surface area contributed by atoms with Crippen molar-refractivity contribution in [3.8, 4) is 0 Å². The summed E-state index contributed by atoms with van der Waals surface area (Å²) in [6.07, 6.45) is 4.52. The second kappa shape index (κ2) is 13.4. The smallest absolute Gasteiger partial charge is 0.408 e. The van der Waals surface area contributed by atoms with Gasteiger partial charge in [-0.05, 0) is 78.4 Å². The van der Waals surface area contributed by atoms with Crippen molar-refractivity contribution in [2.24, 2.45) is 11.3 Å². The molecule has 0 bridgehead atoms. The molecule has 1 aliphatic heterocycles. The molecule has 4 atom stereocenters. The number of carbonyl (C=O) groups is 4. The molecule has 4 fully saturated rings.